The lowest BCUT2D eigenvalue weighted by Crippen LogP contribution is -2.37. The molecule has 0 unspecified atom stereocenters. The molecule has 14 heavy (non-hydrogen) atoms. The lowest BCUT2D eigenvalue weighted by molar-refractivity contribution is -0.126. The molecule has 2 rings (SSSR count). The minimum absolute atomic E-state index is 0.184. The van der Waals surface area contributed by atoms with Crippen molar-refractivity contribution in [1.29, 1.82) is 0 Å². The van der Waals surface area contributed by atoms with Gasteiger partial charge in [-0.25, -0.2) is 0 Å². The van der Waals surface area contributed by atoms with E-state index in [0.717, 1.165) is 12.4 Å². The Kier molecular flexibility index (Phi) is 2.50. The molecule has 2 heterocycles. The van der Waals surface area contributed by atoms with Crippen LogP contribution in [0.1, 0.15) is 5.82 Å². The van der Waals surface area contributed by atoms with E-state index in [-0.39, 0.29) is 5.91 Å². The zero-order valence-corrected chi connectivity index (χ0v) is 8.86. The summed E-state index contributed by atoms with van der Waals surface area (Å²) in [6, 6.07) is 0. The molecule has 1 aromatic rings. The van der Waals surface area contributed by atoms with Crippen LogP contribution in [0, 0.1) is 10.8 Å². The molecule has 5 nitrogen and oxygen atoms in total. The Balaban J connectivity index is 2.13. The highest BCUT2D eigenvalue weighted by atomic mass is 79.9. The summed E-state index contributed by atoms with van der Waals surface area (Å²) in [5, 5.41) is 7.68. The van der Waals surface area contributed by atoms with Crippen LogP contribution >= 0.6 is 15.9 Å². The maximum atomic E-state index is 11.4. The predicted molar refractivity (Wildman–Crippen MR) is 52.1 cm³/mol. The van der Waals surface area contributed by atoms with Crippen molar-refractivity contribution in [2.75, 3.05) is 6.54 Å². The standard InChI is InChI=1S/C8H7BrN4O/c9-2-1-8(14)12-3-4-13-6-10-11-7(13)5-12/h6H,3-5H2. The fourth-order valence-corrected chi connectivity index (χ4v) is 1.53. The van der Waals surface area contributed by atoms with Crippen LogP contribution in [0.3, 0.4) is 0 Å². The van der Waals surface area contributed by atoms with E-state index in [0.29, 0.717) is 13.1 Å². The number of carbonyl (C=O) groups is 1. The van der Waals surface area contributed by atoms with E-state index >= 15 is 0 Å². The van der Waals surface area contributed by atoms with E-state index in [1.807, 2.05) is 4.57 Å². The van der Waals surface area contributed by atoms with Crippen LogP contribution in [0.25, 0.3) is 0 Å². The molecule has 0 spiro atoms. The van der Waals surface area contributed by atoms with E-state index in [9.17, 15) is 4.79 Å². The van der Waals surface area contributed by atoms with Crippen molar-refractivity contribution < 1.29 is 4.79 Å². The number of carbonyl (C=O) groups excluding carboxylic acids is 1. The quantitative estimate of drug-likeness (QED) is 0.612. The average Bonchev–Trinajstić information content (AvgIpc) is 2.64. The highest BCUT2D eigenvalue weighted by molar-refractivity contribution is 9.12. The number of hydrogen-bond acceptors (Lipinski definition) is 3. The lowest BCUT2D eigenvalue weighted by atomic mass is 10.3. The second-order valence-corrected chi connectivity index (χ2v) is 3.28. The van der Waals surface area contributed by atoms with E-state index in [4.69, 9.17) is 0 Å². The third-order valence-electron chi connectivity index (χ3n) is 2.08. The van der Waals surface area contributed by atoms with Gasteiger partial charge in [-0.3, -0.25) is 4.79 Å². The Bertz CT molecular complexity index is 416. The number of fused-ring (bicyclic) bond motifs is 1. The second-order valence-electron chi connectivity index (χ2n) is 2.89. The molecular formula is C8H7BrN4O. The predicted octanol–water partition coefficient (Wildman–Crippen LogP) is -0.0239. The minimum atomic E-state index is -0.184. The molecule has 0 saturated heterocycles. The maximum absolute atomic E-state index is 11.4. The van der Waals surface area contributed by atoms with Crippen molar-refractivity contribution in [3.8, 4) is 10.8 Å². The number of aromatic nitrogens is 3. The molecule has 0 atom stereocenters. The van der Waals surface area contributed by atoms with Gasteiger partial charge in [0.2, 0.25) is 0 Å². The van der Waals surface area contributed by atoms with Crippen LogP contribution in [-0.4, -0.2) is 32.1 Å². The van der Waals surface area contributed by atoms with Gasteiger partial charge in [0.1, 0.15) is 6.33 Å². The minimum Gasteiger partial charge on any atom is -0.323 e. The van der Waals surface area contributed by atoms with Gasteiger partial charge < -0.3 is 9.47 Å². The first kappa shape index (κ1) is 9.21. The molecule has 0 fully saturated rings. The molecule has 0 aromatic carbocycles. The summed E-state index contributed by atoms with van der Waals surface area (Å²) < 4.78 is 1.94. The van der Waals surface area contributed by atoms with Gasteiger partial charge in [-0.1, -0.05) is 0 Å². The zero-order valence-electron chi connectivity index (χ0n) is 7.27. The molecule has 0 N–H and O–H groups in total. The van der Waals surface area contributed by atoms with Crippen LogP contribution in [0.2, 0.25) is 0 Å². The van der Waals surface area contributed by atoms with Crippen LogP contribution < -0.4 is 0 Å². The van der Waals surface area contributed by atoms with Gasteiger partial charge in [-0.15, -0.1) is 10.2 Å². The number of rotatable bonds is 0. The van der Waals surface area contributed by atoms with E-state index in [2.05, 4.69) is 36.9 Å². The molecule has 0 aliphatic carbocycles. The largest absolute Gasteiger partial charge is 0.323 e. The highest BCUT2D eigenvalue weighted by Gasteiger charge is 2.20. The monoisotopic (exact) mass is 254 g/mol. The summed E-state index contributed by atoms with van der Waals surface area (Å²) in [5.74, 6) is 3.06. The normalized spacial score (nSPS) is 14.2. The topological polar surface area (TPSA) is 51.0 Å². The summed E-state index contributed by atoms with van der Waals surface area (Å²) in [7, 11) is 0. The Morgan fingerprint density at radius 3 is 3.21 bits per heavy atom. The van der Waals surface area contributed by atoms with Gasteiger partial charge in [0, 0.05) is 34.9 Å². The van der Waals surface area contributed by atoms with Crippen LogP contribution in [0.5, 0.6) is 0 Å². The molecule has 1 aliphatic heterocycles. The first-order valence-electron chi connectivity index (χ1n) is 4.08. The van der Waals surface area contributed by atoms with Crippen LogP contribution in [-0.2, 0) is 17.9 Å². The molecule has 1 aliphatic rings. The van der Waals surface area contributed by atoms with E-state index < -0.39 is 0 Å². The van der Waals surface area contributed by atoms with Crippen LogP contribution in [0.4, 0.5) is 0 Å². The molecule has 72 valence electrons. The summed E-state index contributed by atoms with van der Waals surface area (Å²) in [6.45, 7) is 1.88. The number of hydrogen-bond donors (Lipinski definition) is 0. The zero-order chi connectivity index (χ0) is 9.97. The van der Waals surface area contributed by atoms with Crippen molar-refractivity contribution in [2.24, 2.45) is 0 Å². The van der Waals surface area contributed by atoms with Gasteiger partial charge >= 0.3 is 0 Å². The highest BCUT2D eigenvalue weighted by Crippen LogP contribution is 2.08. The summed E-state index contributed by atoms with van der Waals surface area (Å²) in [4.78, 5) is 15.5. The molecule has 1 amide bonds. The third-order valence-corrected chi connectivity index (χ3v) is 2.28. The summed E-state index contributed by atoms with van der Waals surface area (Å²) >= 11 is 2.90. The van der Waals surface area contributed by atoms with Crippen molar-refractivity contribution in [2.45, 2.75) is 13.1 Å². The van der Waals surface area contributed by atoms with Crippen molar-refractivity contribution in [3.05, 3.63) is 12.2 Å². The van der Waals surface area contributed by atoms with Gasteiger partial charge in [0.05, 0.1) is 6.54 Å². The van der Waals surface area contributed by atoms with Crippen LogP contribution in [0.15, 0.2) is 6.33 Å². The first-order chi connectivity index (χ1) is 6.81. The molecule has 1 aromatic heterocycles. The molecule has 0 saturated carbocycles. The Morgan fingerprint density at radius 1 is 1.57 bits per heavy atom. The smallest absolute Gasteiger partial charge is 0.299 e. The van der Waals surface area contributed by atoms with Crippen molar-refractivity contribution in [1.82, 2.24) is 19.7 Å². The second kappa shape index (κ2) is 3.80. The lowest BCUT2D eigenvalue weighted by Gasteiger charge is -2.24. The number of halogens is 1. The van der Waals surface area contributed by atoms with Gasteiger partial charge in [-0.2, -0.15) is 0 Å². The first-order valence-corrected chi connectivity index (χ1v) is 4.88. The van der Waals surface area contributed by atoms with E-state index in [1.165, 1.54) is 0 Å². The van der Waals surface area contributed by atoms with Gasteiger partial charge in [-0.05, 0) is 4.83 Å². The third kappa shape index (κ3) is 1.63. The number of amides is 1. The van der Waals surface area contributed by atoms with Crippen molar-refractivity contribution >= 4 is 21.8 Å². The summed E-state index contributed by atoms with van der Waals surface area (Å²) in [6.07, 6.45) is 1.67. The molecular weight excluding hydrogens is 248 g/mol. The summed E-state index contributed by atoms with van der Waals surface area (Å²) in [5.41, 5.74) is 0. The Labute approximate surface area is 89.2 Å². The molecule has 6 heteroatoms. The Morgan fingerprint density at radius 2 is 2.43 bits per heavy atom. The van der Waals surface area contributed by atoms with Gasteiger partial charge in [0.25, 0.3) is 5.91 Å². The SMILES string of the molecule is O=C(C#CBr)N1CCn2cnnc2C1. The number of nitrogens with zero attached hydrogens (tertiary/aromatic N) is 4. The molecule has 0 radical (unpaired) electrons. The van der Waals surface area contributed by atoms with Crippen molar-refractivity contribution in [3.63, 3.8) is 0 Å². The fraction of sp³-hybridized carbons (Fsp3) is 0.375. The fourth-order valence-electron chi connectivity index (χ4n) is 1.36. The molecule has 0 bridgehead atoms. The maximum Gasteiger partial charge on any atom is 0.299 e. The average molecular weight is 255 g/mol. The van der Waals surface area contributed by atoms with Gasteiger partial charge in [0.15, 0.2) is 5.82 Å². The Hall–Kier alpha value is -1.35. The van der Waals surface area contributed by atoms with E-state index in [1.54, 1.807) is 11.2 Å².